The lowest BCUT2D eigenvalue weighted by Crippen LogP contribution is -2.04. The van der Waals surface area contributed by atoms with E-state index in [4.69, 9.17) is 4.74 Å². The van der Waals surface area contributed by atoms with Gasteiger partial charge in [-0.15, -0.1) is 12.4 Å². The second-order valence-electron chi connectivity index (χ2n) is 4.21. The van der Waals surface area contributed by atoms with E-state index in [-0.39, 0.29) is 12.4 Å². The van der Waals surface area contributed by atoms with Gasteiger partial charge in [-0.05, 0) is 18.2 Å². The van der Waals surface area contributed by atoms with Crippen molar-refractivity contribution in [1.82, 2.24) is 15.1 Å². The molecule has 1 aromatic heterocycles. The molecule has 19 heavy (non-hydrogen) atoms. The number of rotatable bonds is 6. The molecule has 0 aliphatic heterocycles. The van der Waals surface area contributed by atoms with Gasteiger partial charge in [-0.1, -0.05) is 24.3 Å². The van der Waals surface area contributed by atoms with E-state index in [0.29, 0.717) is 6.61 Å². The zero-order chi connectivity index (χ0) is 12.8. The first-order chi connectivity index (χ1) is 8.83. The zero-order valence-corrected chi connectivity index (χ0v) is 12.1. The molecule has 2 rings (SSSR count). The Morgan fingerprint density at radius 2 is 1.95 bits per heavy atom. The maximum absolute atomic E-state index is 5.04. The van der Waals surface area contributed by atoms with Crippen LogP contribution in [0.5, 0.6) is 0 Å². The van der Waals surface area contributed by atoms with Crippen LogP contribution in [0.4, 0.5) is 0 Å². The van der Waals surface area contributed by atoms with Crippen LogP contribution in [0.15, 0.2) is 36.7 Å². The molecule has 2 aromatic rings. The predicted molar refractivity (Wildman–Crippen MR) is 79.6 cm³/mol. The number of methoxy groups -OCH3 is 1. The van der Waals surface area contributed by atoms with Crippen LogP contribution in [-0.4, -0.2) is 30.5 Å². The van der Waals surface area contributed by atoms with E-state index in [9.17, 15) is 0 Å². The first-order valence-corrected chi connectivity index (χ1v) is 6.09. The van der Waals surface area contributed by atoms with Gasteiger partial charge in [0.25, 0.3) is 0 Å². The molecule has 0 spiro atoms. The van der Waals surface area contributed by atoms with Crippen molar-refractivity contribution < 1.29 is 4.74 Å². The largest absolute Gasteiger partial charge is 0.383 e. The number of halogens is 1. The fourth-order valence-electron chi connectivity index (χ4n) is 1.84. The third-order valence-electron chi connectivity index (χ3n) is 2.83. The smallest absolute Gasteiger partial charge is 0.0658 e. The summed E-state index contributed by atoms with van der Waals surface area (Å²) in [5.41, 5.74) is 3.62. The standard InChI is InChI=1S/C14H19N3O.ClH/c1-15-9-12-3-5-13(6-4-12)14-10-16-17(11-14)7-8-18-2;/h3-6,10-11,15H,7-9H2,1-2H3;1H. The van der Waals surface area contributed by atoms with Crippen LogP contribution in [0.1, 0.15) is 5.56 Å². The van der Waals surface area contributed by atoms with Gasteiger partial charge in [0, 0.05) is 25.4 Å². The molecule has 0 saturated carbocycles. The lowest BCUT2D eigenvalue weighted by molar-refractivity contribution is 0.183. The van der Waals surface area contributed by atoms with Gasteiger partial charge in [0.1, 0.15) is 0 Å². The van der Waals surface area contributed by atoms with Crippen LogP contribution in [0, 0.1) is 0 Å². The van der Waals surface area contributed by atoms with Gasteiger partial charge in [0.2, 0.25) is 0 Å². The van der Waals surface area contributed by atoms with Crippen molar-refractivity contribution in [3.8, 4) is 11.1 Å². The molecule has 0 atom stereocenters. The maximum Gasteiger partial charge on any atom is 0.0658 e. The number of nitrogens with zero attached hydrogens (tertiary/aromatic N) is 2. The molecule has 0 amide bonds. The first kappa shape index (κ1) is 15.7. The molecular weight excluding hydrogens is 262 g/mol. The molecule has 0 bridgehead atoms. The minimum absolute atomic E-state index is 0. The Kier molecular flexibility index (Phi) is 6.56. The minimum Gasteiger partial charge on any atom is -0.383 e. The number of benzene rings is 1. The highest BCUT2D eigenvalue weighted by Gasteiger charge is 2.01. The van der Waals surface area contributed by atoms with Crippen molar-refractivity contribution in [3.05, 3.63) is 42.2 Å². The Balaban J connectivity index is 0.00000180. The molecule has 0 aliphatic carbocycles. The molecule has 0 fully saturated rings. The summed E-state index contributed by atoms with van der Waals surface area (Å²) in [6.45, 7) is 2.37. The average molecular weight is 282 g/mol. The summed E-state index contributed by atoms with van der Waals surface area (Å²) in [4.78, 5) is 0. The van der Waals surface area contributed by atoms with Crippen LogP contribution in [0.25, 0.3) is 11.1 Å². The quantitative estimate of drug-likeness (QED) is 0.883. The SMILES string of the molecule is CNCc1ccc(-c2cnn(CCOC)c2)cc1.Cl. The third-order valence-corrected chi connectivity index (χ3v) is 2.83. The van der Waals surface area contributed by atoms with Crippen molar-refractivity contribution in [2.45, 2.75) is 13.1 Å². The van der Waals surface area contributed by atoms with E-state index in [0.717, 1.165) is 18.7 Å². The van der Waals surface area contributed by atoms with E-state index in [1.54, 1.807) is 7.11 Å². The molecule has 0 unspecified atom stereocenters. The maximum atomic E-state index is 5.04. The Morgan fingerprint density at radius 3 is 2.58 bits per heavy atom. The fraction of sp³-hybridized carbons (Fsp3) is 0.357. The molecule has 1 aromatic carbocycles. The van der Waals surface area contributed by atoms with Crippen LogP contribution in [0.2, 0.25) is 0 Å². The van der Waals surface area contributed by atoms with Crippen LogP contribution in [0.3, 0.4) is 0 Å². The van der Waals surface area contributed by atoms with Crippen molar-refractivity contribution in [2.24, 2.45) is 0 Å². The average Bonchev–Trinajstić information content (AvgIpc) is 2.86. The normalized spacial score (nSPS) is 10.2. The molecule has 5 heteroatoms. The highest BCUT2D eigenvalue weighted by atomic mass is 35.5. The number of nitrogens with one attached hydrogen (secondary N) is 1. The van der Waals surface area contributed by atoms with Gasteiger partial charge in [-0.3, -0.25) is 4.68 Å². The van der Waals surface area contributed by atoms with Gasteiger partial charge in [0.15, 0.2) is 0 Å². The monoisotopic (exact) mass is 281 g/mol. The summed E-state index contributed by atoms with van der Waals surface area (Å²) in [6, 6.07) is 8.53. The van der Waals surface area contributed by atoms with Gasteiger partial charge in [0.05, 0.1) is 19.3 Å². The van der Waals surface area contributed by atoms with Crippen LogP contribution >= 0.6 is 12.4 Å². The number of hydrogen-bond donors (Lipinski definition) is 1. The Bertz CT molecular complexity index is 482. The van der Waals surface area contributed by atoms with Crippen LogP contribution < -0.4 is 5.32 Å². The van der Waals surface area contributed by atoms with Gasteiger partial charge < -0.3 is 10.1 Å². The molecule has 1 heterocycles. The predicted octanol–water partition coefficient (Wildman–Crippen LogP) is 2.34. The summed E-state index contributed by atoms with van der Waals surface area (Å²) in [7, 11) is 3.65. The van der Waals surface area contributed by atoms with E-state index in [2.05, 4.69) is 34.7 Å². The molecule has 0 radical (unpaired) electrons. The Morgan fingerprint density at radius 1 is 1.21 bits per heavy atom. The summed E-state index contributed by atoms with van der Waals surface area (Å²) >= 11 is 0. The summed E-state index contributed by atoms with van der Waals surface area (Å²) in [5.74, 6) is 0. The van der Waals surface area contributed by atoms with Crippen molar-refractivity contribution in [2.75, 3.05) is 20.8 Å². The van der Waals surface area contributed by atoms with E-state index in [1.807, 2.05) is 24.1 Å². The topological polar surface area (TPSA) is 39.1 Å². The highest BCUT2D eigenvalue weighted by Crippen LogP contribution is 2.18. The number of aromatic nitrogens is 2. The van der Waals surface area contributed by atoms with Crippen LogP contribution in [-0.2, 0) is 17.8 Å². The minimum atomic E-state index is 0. The Hall–Kier alpha value is -1.36. The zero-order valence-electron chi connectivity index (χ0n) is 11.3. The molecule has 0 saturated heterocycles. The molecule has 0 aliphatic rings. The first-order valence-electron chi connectivity index (χ1n) is 6.09. The van der Waals surface area contributed by atoms with E-state index in [1.165, 1.54) is 11.1 Å². The molecule has 104 valence electrons. The van der Waals surface area contributed by atoms with E-state index >= 15 is 0 Å². The van der Waals surface area contributed by atoms with Crippen molar-refractivity contribution in [1.29, 1.82) is 0 Å². The van der Waals surface area contributed by atoms with Gasteiger partial charge in [-0.25, -0.2) is 0 Å². The molecular formula is C14H20ClN3O. The van der Waals surface area contributed by atoms with Crippen molar-refractivity contribution >= 4 is 12.4 Å². The second kappa shape index (κ2) is 7.94. The van der Waals surface area contributed by atoms with Crippen molar-refractivity contribution in [3.63, 3.8) is 0 Å². The fourth-order valence-corrected chi connectivity index (χ4v) is 1.84. The number of ether oxygens (including phenoxy) is 1. The lowest BCUT2D eigenvalue weighted by Gasteiger charge is -2.02. The second-order valence-corrected chi connectivity index (χ2v) is 4.21. The third kappa shape index (κ3) is 4.35. The summed E-state index contributed by atoms with van der Waals surface area (Å²) in [6.07, 6.45) is 3.94. The highest BCUT2D eigenvalue weighted by molar-refractivity contribution is 5.85. The Labute approximate surface area is 120 Å². The molecule has 1 N–H and O–H groups in total. The van der Waals surface area contributed by atoms with E-state index < -0.39 is 0 Å². The van der Waals surface area contributed by atoms with Gasteiger partial charge >= 0.3 is 0 Å². The number of hydrogen-bond acceptors (Lipinski definition) is 3. The lowest BCUT2D eigenvalue weighted by atomic mass is 10.1. The molecule has 4 nitrogen and oxygen atoms in total. The van der Waals surface area contributed by atoms with Gasteiger partial charge in [-0.2, -0.15) is 5.10 Å². The summed E-state index contributed by atoms with van der Waals surface area (Å²) < 4.78 is 6.94. The summed E-state index contributed by atoms with van der Waals surface area (Å²) in [5, 5.41) is 7.45.